The van der Waals surface area contributed by atoms with E-state index in [1.54, 1.807) is 6.26 Å². The summed E-state index contributed by atoms with van der Waals surface area (Å²) in [6, 6.07) is 3.49. The van der Waals surface area contributed by atoms with Crippen LogP contribution >= 0.6 is 0 Å². The first kappa shape index (κ1) is 14.6. The molecule has 2 atom stereocenters. The van der Waals surface area contributed by atoms with Crippen molar-refractivity contribution in [3.63, 3.8) is 0 Å². The highest BCUT2D eigenvalue weighted by Gasteiger charge is 2.25. The minimum atomic E-state index is -0.182. The van der Waals surface area contributed by atoms with Gasteiger partial charge in [0.25, 0.3) is 0 Å². The summed E-state index contributed by atoms with van der Waals surface area (Å²) >= 11 is 0. The highest BCUT2D eigenvalue weighted by Crippen LogP contribution is 2.22. The molecule has 0 spiro atoms. The van der Waals surface area contributed by atoms with E-state index in [4.69, 9.17) is 4.42 Å². The second-order valence-electron chi connectivity index (χ2n) is 5.74. The van der Waals surface area contributed by atoms with Crippen molar-refractivity contribution in [3.8, 4) is 0 Å². The lowest BCUT2D eigenvalue weighted by atomic mass is 10.1. The van der Waals surface area contributed by atoms with Crippen LogP contribution in [0.15, 0.2) is 22.8 Å². The highest BCUT2D eigenvalue weighted by atomic mass is 16.3. The fourth-order valence-corrected chi connectivity index (χ4v) is 2.81. The molecule has 0 radical (unpaired) electrons. The van der Waals surface area contributed by atoms with E-state index >= 15 is 0 Å². The number of aromatic nitrogens is 3. The van der Waals surface area contributed by atoms with Crippen LogP contribution in [-0.2, 0) is 13.0 Å². The van der Waals surface area contributed by atoms with E-state index in [0.717, 1.165) is 36.8 Å². The van der Waals surface area contributed by atoms with Gasteiger partial charge in [0, 0.05) is 19.0 Å². The van der Waals surface area contributed by atoms with Gasteiger partial charge in [-0.25, -0.2) is 14.5 Å². The number of nitrogens with zero attached hydrogens (tertiary/aromatic N) is 3. The highest BCUT2D eigenvalue weighted by molar-refractivity contribution is 5.74. The Morgan fingerprint density at radius 2 is 2.45 bits per heavy atom. The molecular weight excluding hydrogens is 282 g/mol. The van der Waals surface area contributed by atoms with Gasteiger partial charge in [-0.05, 0) is 38.8 Å². The van der Waals surface area contributed by atoms with Crippen LogP contribution in [0.1, 0.15) is 43.2 Å². The van der Waals surface area contributed by atoms with Gasteiger partial charge >= 0.3 is 6.03 Å². The molecule has 1 aliphatic heterocycles. The maximum absolute atomic E-state index is 12.2. The Balaban J connectivity index is 1.56. The van der Waals surface area contributed by atoms with Crippen molar-refractivity contribution in [2.24, 2.45) is 0 Å². The fraction of sp³-hybridized carbons (Fsp3) is 0.533. The zero-order valence-corrected chi connectivity index (χ0v) is 12.9. The zero-order chi connectivity index (χ0) is 15.5. The lowest BCUT2D eigenvalue weighted by molar-refractivity contribution is 0.229. The van der Waals surface area contributed by atoms with E-state index in [0.29, 0.717) is 6.42 Å². The number of furan rings is 1. The Morgan fingerprint density at radius 3 is 3.23 bits per heavy atom. The maximum Gasteiger partial charge on any atom is 0.315 e. The van der Waals surface area contributed by atoms with Gasteiger partial charge in [-0.1, -0.05) is 0 Å². The van der Waals surface area contributed by atoms with Crippen molar-refractivity contribution in [1.82, 2.24) is 25.4 Å². The molecule has 2 aromatic heterocycles. The summed E-state index contributed by atoms with van der Waals surface area (Å²) in [6.45, 7) is 4.69. The summed E-state index contributed by atoms with van der Waals surface area (Å²) in [5.41, 5.74) is 0. The molecule has 0 aliphatic carbocycles. The van der Waals surface area contributed by atoms with Crippen LogP contribution in [0.3, 0.4) is 0 Å². The molecule has 0 saturated heterocycles. The maximum atomic E-state index is 12.2. The number of carbonyl (C=O) groups excluding carboxylic acids is 1. The lowest BCUT2D eigenvalue weighted by Crippen LogP contribution is -2.44. The topological polar surface area (TPSA) is 85.0 Å². The molecule has 7 heteroatoms. The molecule has 0 saturated carbocycles. The normalized spacial score (nSPS) is 18.5. The van der Waals surface area contributed by atoms with Crippen LogP contribution < -0.4 is 10.6 Å². The van der Waals surface area contributed by atoms with Gasteiger partial charge in [0.15, 0.2) is 0 Å². The smallest absolute Gasteiger partial charge is 0.315 e. The van der Waals surface area contributed by atoms with Gasteiger partial charge in [0.1, 0.15) is 17.4 Å². The van der Waals surface area contributed by atoms with Crippen molar-refractivity contribution in [1.29, 1.82) is 0 Å². The van der Waals surface area contributed by atoms with Crippen molar-refractivity contribution in [3.05, 3.63) is 35.8 Å². The first-order valence-electron chi connectivity index (χ1n) is 7.62. The fourth-order valence-electron chi connectivity index (χ4n) is 2.81. The van der Waals surface area contributed by atoms with Gasteiger partial charge in [0.2, 0.25) is 0 Å². The SMILES string of the molecule is Cc1nc2n(n1)CCCC2NC(=O)NC(C)Cc1ccco1. The first-order chi connectivity index (χ1) is 10.6. The molecule has 0 bridgehead atoms. The Kier molecular flexibility index (Phi) is 4.13. The average Bonchev–Trinajstić information content (AvgIpc) is 3.07. The van der Waals surface area contributed by atoms with Crippen LogP contribution in [0, 0.1) is 6.92 Å². The van der Waals surface area contributed by atoms with E-state index in [1.807, 2.05) is 30.7 Å². The largest absolute Gasteiger partial charge is 0.469 e. The zero-order valence-electron chi connectivity index (χ0n) is 12.9. The first-order valence-corrected chi connectivity index (χ1v) is 7.62. The minimum absolute atomic E-state index is 0.00523. The van der Waals surface area contributed by atoms with E-state index in [9.17, 15) is 4.79 Å². The number of hydrogen-bond acceptors (Lipinski definition) is 4. The molecule has 118 valence electrons. The number of carbonyl (C=O) groups is 1. The molecule has 3 heterocycles. The van der Waals surface area contributed by atoms with Gasteiger partial charge in [0.05, 0.1) is 12.3 Å². The Labute approximate surface area is 129 Å². The van der Waals surface area contributed by atoms with Crippen molar-refractivity contribution in [2.75, 3.05) is 0 Å². The molecule has 2 amide bonds. The van der Waals surface area contributed by atoms with Crippen LogP contribution in [0.4, 0.5) is 4.79 Å². The second kappa shape index (κ2) is 6.21. The number of hydrogen-bond donors (Lipinski definition) is 2. The predicted molar refractivity (Wildman–Crippen MR) is 80.3 cm³/mol. The average molecular weight is 303 g/mol. The number of urea groups is 1. The third-order valence-corrected chi connectivity index (χ3v) is 3.75. The number of aryl methyl sites for hydroxylation is 2. The summed E-state index contributed by atoms with van der Waals surface area (Å²) in [7, 11) is 0. The van der Waals surface area contributed by atoms with Gasteiger partial charge in [-0.2, -0.15) is 5.10 Å². The van der Waals surface area contributed by atoms with E-state index < -0.39 is 0 Å². The molecular formula is C15H21N5O2. The molecule has 2 aromatic rings. The monoisotopic (exact) mass is 303 g/mol. The van der Waals surface area contributed by atoms with Crippen molar-refractivity contribution < 1.29 is 9.21 Å². The number of fused-ring (bicyclic) bond motifs is 1. The molecule has 3 rings (SSSR count). The summed E-state index contributed by atoms with van der Waals surface area (Å²) in [6.07, 6.45) is 4.18. The standard InChI is InChI=1S/C15H21N5O2/c1-10(9-12-5-4-8-22-12)16-15(21)18-13-6-3-7-20-14(13)17-11(2)19-20/h4-5,8,10,13H,3,6-7,9H2,1-2H3,(H2,16,18,21). The number of rotatable bonds is 4. The molecule has 0 aromatic carbocycles. The molecule has 0 fully saturated rings. The second-order valence-corrected chi connectivity index (χ2v) is 5.74. The van der Waals surface area contributed by atoms with Gasteiger partial charge in [-0.3, -0.25) is 0 Å². The predicted octanol–water partition coefficient (Wildman–Crippen LogP) is 1.94. The molecule has 22 heavy (non-hydrogen) atoms. The van der Waals surface area contributed by atoms with Crippen LogP contribution in [0.2, 0.25) is 0 Å². The van der Waals surface area contributed by atoms with Crippen molar-refractivity contribution in [2.45, 2.75) is 51.7 Å². The summed E-state index contributed by atoms with van der Waals surface area (Å²) in [5.74, 6) is 2.45. The summed E-state index contributed by atoms with van der Waals surface area (Å²) in [4.78, 5) is 16.6. The number of nitrogens with one attached hydrogen (secondary N) is 2. The molecule has 2 unspecified atom stereocenters. The van der Waals surface area contributed by atoms with Crippen LogP contribution in [0.5, 0.6) is 0 Å². The van der Waals surface area contributed by atoms with E-state index in [-0.39, 0.29) is 18.1 Å². The van der Waals surface area contributed by atoms with Gasteiger partial charge in [-0.15, -0.1) is 0 Å². The van der Waals surface area contributed by atoms with Gasteiger partial charge < -0.3 is 15.1 Å². The minimum Gasteiger partial charge on any atom is -0.469 e. The van der Waals surface area contributed by atoms with E-state index in [2.05, 4.69) is 20.7 Å². The number of amides is 2. The Morgan fingerprint density at radius 1 is 1.59 bits per heavy atom. The Hall–Kier alpha value is -2.31. The van der Waals surface area contributed by atoms with Crippen LogP contribution in [0.25, 0.3) is 0 Å². The quantitative estimate of drug-likeness (QED) is 0.904. The van der Waals surface area contributed by atoms with Crippen LogP contribution in [-0.4, -0.2) is 26.8 Å². The lowest BCUT2D eigenvalue weighted by Gasteiger charge is -2.24. The third kappa shape index (κ3) is 3.29. The third-order valence-electron chi connectivity index (χ3n) is 3.75. The van der Waals surface area contributed by atoms with Crippen molar-refractivity contribution >= 4 is 6.03 Å². The summed E-state index contributed by atoms with van der Waals surface area (Å²) in [5, 5.41) is 10.3. The summed E-state index contributed by atoms with van der Waals surface area (Å²) < 4.78 is 7.18. The molecule has 2 N–H and O–H groups in total. The Bertz CT molecular complexity index is 634. The molecule has 1 aliphatic rings. The molecule has 7 nitrogen and oxygen atoms in total. The van der Waals surface area contributed by atoms with E-state index in [1.165, 1.54) is 0 Å².